The third-order valence-electron chi connectivity index (χ3n) is 1.85. The van der Waals surface area contributed by atoms with Gasteiger partial charge in [-0.25, -0.2) is 0 Å². The second kappa shape index (κ2) is 4.33. The fourth-order valence-corrected chi connectivity index (χ4v) is 1.17. The Balaban J connectivity index is 2.39. The van der Waals surface area contributed by atoms with Crippen LogP contribution in [0.4, 0.5) is 5.69 Å². The molecule has 0 spiro atoms. The van der Waals surface area contributed by atoms with Crippen molar-refractivity contribution in [2.75, 3.05) is 7.11 Å². The Hall–Kier alpha value is -2.53. The number of rotatable bonds is 3. The van der Waals surface area contributed by atoms with Gasteiger partial charge in [0.1, 0.15) is 0 Å². The molecule has 7 nitrogen and oxygen atoms in total. The zero-order valence-electron chi connectivity index (χ0n) is 8.36. The van der Waals surface area contributed by atoms with Crippen molar-refractivity contribution in [1.29, 1.82) is 0 Å². The molecule has 16 heavy (non-hydrogen) atoms. The quantitative estimate of drug-likeness (QED) is 0.448. The van der Waals surface area contributed by atoms with Crippen LogP contribution < -0.4 is 4.74 Å². The van der Waals surface area contributed by atoms with E-state index in [-0.39, 0.29) is 6.08 Å². The van der Waals surface area contributed by atoms with Crippen LogP contribution >= 0.6 is 0 Å². The van der Waals surface area contributed by atoms with Crippen LogP contribution in [-0.4, -0.2) is 17.3 Å². The summed E-state index contributed by atoms with van der Waals surface area (Å²) in [6.45, 7) is 0. The Morgan fingerprint density at radius 3 is 3.06 bits per heavy atom. The van der Waals surface area contributed by atoms with Gasteiger partial charge in [-0.2, -0.15) is 4.98 Å². The number of azide groups is 1. The molecule has 0 fully saturated rings. The molecule has 0 aliphatic rings. The van der Waals surface area contributed by atoms with Crippen LogP contribution in [-0.2, 0) is 0 Å². The van der Waals surface area contributed by atoms with Crippen molar-refractivity contribution in [3.05, 3.63) is 34.7 Å². The minimum Gasteiger partial charge on any atom is -0.452 e. The highest BCUT2D eigenvalue weighted by Gasteiger charge is 2.08. The number of hydrogen-bond acceptors (Lipinski definition) is 5. The van der Waals surface area contributed by atoms with E-state index in [4.69, 9.17) is 14.8 Å². The monoisotopic (exact) mass is 217 g/mol. The number of benzene rings is 1. The molecule has 80 valence electrons. The Labute approximate surface area is 90.3 Å². The Bertz CT molecular complexity index is 544. The minimum atomic E-state index is 0.0872. The maximum absolute atomic E-state index is 8.31. The zero-order valence-corrected chi connectivity index (χ0v) is 8.36. The second-order valence-corrected chi connectivity index (χ2v) is 2.83. The topological polar surface area (TPSA) is 96.9 Å². The third-order valence-corrected chi connectivity index (χ3v) is 1.85. The maximum Gasteiger partial charge on any atom is 0.417 e. The molecular weight excluding hydrogens is 210 g/mol. The van der Waals surface area contributed by atoms with E-state index in [0.29, 0.717) is 17.1 Å². The first kappa shape index (κ1) is 10.0. The highest BCUT2D eigenvalue weighted by atomic mass is 16.6. The average molecular weight is 217 g/mol. The van der Waals surface area contributed by atoms with E-state index in [9.17, 15) is 0 Å². The van der Waals surface area contributed by atoms with Gasteiger partial charge in [0.2, 0.25) is 5.82 Å². The fourth-order valence-electron chi connectivity index (χ4n) is 1.17. The molecule has 0 aliphatic heterocycles. The van der Waals surface area contributed by atoms with Crippen molar-refractivity contribution >= 4 is 5.69 Å². The molecule has 2 rings (SSSR count). The van der Waals surface area contributed by atoms with Gasteiger partial charge >= 0.3 is 6.08 Å². The smallest absolute Gasteiger partial charge is 0.417 e. The van der Waals surface area contributed by atoms with E-state index < -0.39 is 0 Å². The molecule has 0 bridgehead atoms. The van der Waals surface area contributed by atoms with E-state index in [2.05, 4.69) is 20.2 Å². The molecule has 0 radical (unpaired) electrons. The van der Waals surface area contributed by atoms with Gasteiger partial charge in [0.25, 0.3) is 0 Å². The number of ether oxygens (including phenoxy) is 1. The summed E-state index contributed by atoms with van der Waals surface area (Å²) in [6.07, 6.45) is 0.0872. The van der Waals surface area contributed by atoms with Crippen molar-refractivity contribution in [2.24, 2.45) is 5.11 Å². The molecule has 1 heterocycles. The summed E-state index contributed by atoms with van der Waals surface area (Å²) in [5.74, 6) is 0.381. The van der Waals surface area contributed by atoms with Crippen molar-refractivity contribution in [3.63, 3.8) is 0 Å². The molecule has 0 amide bonds. The predicted octanol–water partition coefficient (Wildman–Crippen LogP) is 2.69. The predicted molar refractivity (Wildman–Crippen MR) is 55.1 cm³/mol. The third kappa shape index (κ3) is 1.94. The number of aromatic nitrogens is 2. The number of nitrogens with zero attached hydrogens (tertiary/aromatic N) is 5. The van der Waals surface area contributed by atoms with Gasteiger partial charge in [0.15, 0.2) is 0 Å². The van der Waals surface area contributed by atoms with Gasteiger partial charge in [-0.05, 0) is 11.6 Å². The summed E-state index contributed by atoms with van der Waals surface area (Å²) in [7, 11) is 1.44. The standard InChI is InChI=1S/C9H7N5O2/c1-15-9-11-8(13-16-9)6-3-2-4-7(5-6)12-14-10/h2-5H,1H3. The summed E-state index contributed by atoms with van der Waals surface area (Å²) in [5.41, 5.74) is 9.49. The largest absolute Gasteiger partial charge is 0.452 e. The van der Waals surface area contributed by atoms with Crippen molar-refractivity contribution in [3.8, 4) is 17.5 Å². The first-order valence-corrected chi connectivity index (χ1v) is 4.36. The average Bonchev–Trinajstić information content (AvgIpc) is 2.78. The lowest BCUT2D eigenvalue weighted by Crippen LogP contribution is -1.82. The Morgan fingerprint density at radius 1 is 1.50 bits per heavy atom. The van der Waals surface area contributed by atoms with Crippen LogP contribution in [0.25, 0.3) is 21.8 Å². The van der Waals surface area contributed by atoms with Gasteiger partial charge in [-0.1, -0.05) is 28.5 Å². The molecule has 0 unspecified atom stereocenters. The summed E-state index contributed by atoms with van der Waals surface area (Å²) in [5, 5.41) is 7.20. The van der Waals surface area contributed by atoms with Gasteiger partial charge in [-0.3, -0.25) is 4.52 Å². The number of methoxy groups -OCH3 is 1. The van der Waals surface area contributed by atoms with E-state index >= 15 is 0 Å². The molecule has 0 saturated carbocycles. The SMILES string of the molecule is COc1nc(-c2cccc(N=[N+]=[N-])c2)no1. The Kier molecular flexibility index (Phi) is 2.71. The van der Waals surface area contributed by atoms with E-state index in [1.807, 2.05) is 0 Å². The molecule has 1 aromatic heterocycles. The maximum atomic E-state index is 8.31. The summed E-state index contributed by atoms with van der Waals surface area (Å²) < 4.78 is 9.55. The summed E-state index contributed by atoms with van der Waals surface area (Å²) in [4.78, 5) is 6.66. The van der Waals surface area contributed by atoms with Crippen LogP contribution in [0.3, 0.4) is 0 Å². The summed E-state index contributed by atoms with van der Waals surface area (Å²) >= 11 is 0. The highest BCUT2D eigenvalue weighted by Crippen LogP contribution is 2.23. The van der Waals surface area contributed by atoms with E-state index in [1.165, 1.54) is 7.11 Å². The highest BCUT2D eigenvalue weighted by molar-refractivity contribution is 5.60. The molecule has 0 saturated heterocycles. The Morgan fingerprint density at radius 2 is 2.38 bits per heavy atom. The van der Waals surface area contributed by atoms with Gasteiger partial charge < -0.3 is 4.74 Å². The van der Waals surface area contributed by atoms with E-state index in [0.717, 1.165) is 0 Å². The van der Waals surface area contributed by atoms with Crippen molar-refractivity contribution in [1.82, 2.24) is 10.1 Å². The normalized spacial score (nSPS) is 9.56. The van der Waals surface area contributed by atoms with Crippen LogP contribution in [0.1, 0.15) is 0 Å². The lowest BCUT2D eigenvalue weighted by Gasteiger charge is -1.94. The zero-order chi connectivity index (χ0) is 11.4. The molecule has 7 heteroatoms. The molecular formula is C9H7N5O2. The van der Waals surface area contributed by atoms with Crippen LogP contribution in [0.5, 0.6) is 6.08 Å². The van der Waals surface area contributed by atoms with E-state index in [1.54, 1.807) is 24.3 Å². The first-order valence-electron chi connectivity index (χ1n) is 4.36. The first-order chi connectivity index (χ1) is 7.83. The molecule has 2 aromatic rings. The number of hydrogen-bond donors (Lipinski definition) is 0. The molecule has 1 aromatic carbocycles. The summed E-state index contributed by atoms with van der Waals surface area (Å²) in [6, 6.07) is 6.85. The van der Waals surface area contributed by atoms with Gasteiger partial charge in [0.05, 0.1) is 7.11 Å². The molecule has 0 N–H and O–H groups in total. The van der Waals surface area contributed by atoms with Crippen molar-refractivity contribution < 1.29 is 9.26 Å². The van der Waals surface area contributed by atoms with Crippen LogP contribution in [0.2, 0.25) is 0 Å². The van der Waals surface area contributed by atoms with Crippen LogP contribution in [0.15, 0.2) is 33.9 Å². The lowest BCUT2D eigenvalue weighted by atomic mass is 10.2. The van der Waals surface area contributed by atoms with Crippen molar-refractivity contribution in [2.45, 2.75) is 0 Å². The molecule has 0 aliphatic carbocycles. The fraction of sp³-hybridized carbons (Fsp3) is 0.111. The lowest BCUT2D eigenvalue weighted by molar-refractivity contribution is 0.250. The van der Waals surface area contributed by atoms with Gasteiger partial charge in [0, 0.05) is 16.2 Å². The van der Waals surface area contributed by atoms with Gasteiger partial charge in [-0.15, -0.1) is 0 Å². The minimum absolute atomic E-state index is 0.0872. The van der Waals surface area contributed by atoms with Crippen LogP contribution in [0, 0.1) is 0 Å². The molecule has 0 atom stereocenters. The second-order valence-electron chi connectivity index (χ2n) is 2.83.